The van der Waals surface area contributed by atoms with Gasteiger partial charge in [0, 0.05) is 17.1 Å². The monoisotopic (exact) mass is 212 g/mol. The number of rotatable bonds is 1. The number of nitrogens with two attached hydrogens (primary N) is 1. The molecule has 0 amide bonds. The Kier molecular flexibility index (Phi) is 2.17. The molecule has 2 N–H and O–H groups in total. The number of hydrogen-bond donors (Lipinski definition) is 1. The number of anilines is 1. The first kappa shape index (κ1) is 9.08. The number of aromatic nitrogens is 1. The molecule has 0 atom stereocenters. The lowest BCUT2D eigenvalue weighted by Gasteiger charge is -2.02. The van der Waals surface area contributed by atoms with Gasteiger partial charge in [-0.1, -0.05) is 0 Å². The Morgan fingerprint density at radius 1 is 1.29 bits per heavy atom. The van der Waals surface area contributed by atoms with Crippen LogP contribution in [0.25, 0.3) is 10.6 Å². The van der Waals surface area contributed by atoms with E-state index in [9.17, 15) is 8.78 Å². The fourth-order valence-corrected chi connectivity index (χ4v) is 1.75. The van der Waals surface area contributed by atoms with Gasteiger partial charge in [-0.15, -0.1) is 11.3 Å². The van der Waals surface area contributed by atoms with Gasteiger partial charge in [0.15, 0.2) is 5.82 Å². The molecule has 2 rings (SSSR count). The van der Waals surface area contributed by atoms with Crippen LogP contribution in [0.3, 0.4) is 0 Å². The van der Waals surface area contributed by atoms with Gasteiger partial charge in [0.25, 0.3) is 0 Å². The Labute approximate surface area is 83.0 Å². The van der Waals surface area contributed by atoms with E-state index in [0.29, 0.717) is 5.01 Å². The lowest BCUT2D eigenvalue weighted by atomic mass is 10.2. The third-order valence-electron chi connectivity index (χ3n) is 1.79. The smallest absolute Gasteiger partial charge is 0.159 e. The Bertz CT molecular complexity index is 454. The second-order valence-corrected chi connectivity index (χ2v) is 3.55. The maximum atomic E-state index is 13.4. The summed E-state index contributed by atoms with van der Waals surface area (Å²) in [5.74, 6) is -1.50. The van der Waals surface area contributed by atoms with Gasteiger partial charge in [-0.25, -0.2) is 13.8 Å². The fraction of sp³-hybridized carbons (Fsp3) is 0. The Hall–Kier alpha value is -1.49. The van der Waals surface area contributed by atoms with Gasteiger partial charge in [0.1, 0.15) is 16.5 Å². The highest BCUT2D eigenvalue weighted by Gasteiger charge is 2.13. The molecular weight excluding hydrogens is 206 g/mol. The maximum Gasteiger partial charge on any atom is 0.159 e. The molecule has 14 heavy (non-hydrogen) atoms. The van der Waals surface area contributed by atoms with Crippen molar-refractivity contribution in [3.05, 3.63) is 35.3 Å². The summed E-state index contributed by atoms with van der Waals surface area (Å²) in [7, 11) is 0. The molecule has 5 heteroatoms. The van der Waals surface area contributed by atoms with Crippen LogP contribution in [0.1, 0.15) is 0 Å². The van der Waals surface area contributed by atoms with Crippen molar-refractivity contribution in [2.24, 2.45) is 0 Å². The van der Waals surface area contributed by atoms with E-state index in [1.807, 2.05) is 0 Å². The molecule has 1 aromatic heterocycles. The van der Waals surface area contributed by atoms with Gasteiger partial charge in [-0.3, -0.25) is 0 Å². The van der Waals surface area contributed by atoms with E-state index in [2.05, 4.69) is 4.98 Å². The lowest BCUT2D eigenvalue weighted by Crippen LogP contribution is -1.97. The number of benzene rings is 1. The van der Waals surface area contributed by atoms with Gasteiger partial charge >= 0.3 is 0 Å². The van der Waals surface area contributed by atoms with Crippen molar-refractivity contribution in [3.8, 4) is 10.6 Å². The minimum atomic E-state index is -0.750. The highest BCUT2D eigenvalue weighted by Crippen LogP contribution is 2.29. The van der Waals surface area contributed by atoms with Crippen molar-refractivity contribution in [2.45, 2.75) is 0 Å². The maximum absolute atomic E-state index is 13.4. The zero-order chi connectivity index (χ0) is 10.1. The number of thiazole rings is 1. The molecule has 0 unspecified atom stereocenters. The fourth-order valence-electron chi connectivity index (χ4n) is 1.09. The van der Waals surface area contributed by atoms with E-state index < -0.39 is 17.3 Å². The molecule has 72 valence electrons. The third-order valence-corrected chi connectivity index (χ3v) is 2.60. The number of nitrogen functional groups attached to an aromatic ring is 1. The van der Waals surface area contributed by atoms with E-state index in [4.69, 9.17) is 5.73 Å². The molecule has 1 aromatic carbocycles. The first-order valence-electron chi connectivity index (χ1n) is 3.83. The van der Waals surface area contributed by atoms with E-state index in [0.717, 1.165) is 6.07 Å². The average Bonchev–Trinajstić information content (AvgIpc) is 2.67. The van der Waals surface area contributed by atoms with Crippen molar-refractivity contribution >= 4 is 17.0 Å². The molecule has 0 fully saturated rings. The summed E-state index contributed by atoms with van der Waals surface area (Å²) < 4.78 is 26.2. The van der Waals surface area contributed by atoms with Gasteiger partial charge in [-0.05, 0) is 12.1 Å². The van der Waals surface area contributed by atoms with E-state index in [-0.39, 0.29) is 5.56 Å². The molecule has 0 aliphatic rings. The first-order chi connectivity index (χ1) is 6.70. The molecule has 0 saturated carbocycles. The predicted octanol–water partition coefficient (Wildman–Crippen LogP) is 2.67. The topological polar surface area (TPSA) is 38.9 Å². The van der Waals surface area contributed by atoms with Crippen LogP contribution in [0.5, 0.6) is 0 Å². The standard InChI is InChI=1S/C9H6F2N2S/c10-6-2-1-5(7(11)8(6)12)9-13-3-4-14-9/h1-4H,12H2. The number of halogens is 2. The van der Waals surface area contributed by atoms with Crippen LogP contribution in [-0.4, -0.2) is 4.98 Å². The Morgan fingerprint density at radius 2 is 2.07 bits per heavy atom. The summed E-state index contributed by atoms with van der Waals surface area (Å²) in [5, 5.41) is 2.21. The zero-order valence-corrected chi connectivity index (χ0v) is 7.81. The van der Waals surface area contributed by atoms with Crippen LogP contribution in [0, 0.1) is 11.6 Å². The van der Waals surface area contributed by atoms with Crippen molar-refractivity contribution in [1.29, 1.82) is 0 Å². The van der Waals surface area contributed by atoms with Crippen molar-refractivity contribution in [1.82, 2.24) is 4.98 Å². The molecule has 2 nitrogen and oxygen atoms in total. The second kappa shape index (κ2) is 3.34. The Balaban J connectivity index is 2.61. The zero-order valence-electron chi connectivity index (χ0n) is 7.00. The van der Waals surface area contributed by atoms with Crippen LogP contribution in [0.15, 0.2) is 23.7 Å². The van der Waals surface area contributed by atoms with Gasteiger partial charge in [0.2, 0.25) is 0 Å². The van der Waals surface area contributed by atoms with E-state index in [1.54, 1.807) is 11.6 Å². The molecular formula is C9H6F2N2S. The first-order valence-corrected chi connectivity index (χ1v) is 4.71. The van der Waals surface area contributed by atoms with Crippen molar-refractivity contribution in [3.63, 3.8) is 0 Å². The van der Waals surface area contributed by atoms with Gasteiger partial charge in [0.05, 0.1) is 0 Å². The SMILES string of the molecule is Nc1c(F)ccc(-c2nccs2)c1F. The Morgan fingerprint density at radius 3 is 2.71 bits per heavy atom. The minimum Gasteiger partial charge on any atom is -0.394 e. The van der Waals surface area contributed by atoms with Crippen LogP contribution < -0.4 is 5.73 Å². The molecule has 1 heterocycles. The van der Waals surface area contributed by atoms with E-state index in [1.165, 1.54) is 17.4 Å². The lowest BCUT2D eigenvalue weighted by molar-refractivity contribution is 0.594. The summed E-state index contributed by atoms with van der Waals surface area (Å²) >= 11 is 1.28. The van der Waals surface area contributed by atoms with Crippen LogP contribution in [0.2, 0.25) is 0 Å². The largest absolute Gasteiger partial charge is 0.394 e. The summed E-state index contributed by atoms with van der Waals surface area (Å²) in [5.41, 5.74) is 4.99. The van der Waals surface area contributed by atoms with Crippen LogP contribution in [-0.2, 0) is 0 Å². The number of nitrogens with zero attached hydrogens (tertiary/aromatic N) is 1. The third kappa shape index (κ3) is 1.35. The summed E-state index contributed by atoms with van der Waals surface area (Å²) in [6.45, 7) is 0. The second-order valence-electron chi connectivity index (χ2n) is 2.66. The van der Waals surface area contributed by atoms with Crippen molar-refractivity contribution < 1.29 is 8.78 Å². The molecule has 0 aliphatic carbocycles. The summed E-state index contributed by atoms with van der Waals surface area (Å²) in [6.07, 6.45) is 1.55. The highest BCUT2D eigenvalue weighted by molar-refractivity contribution is 7.13. The van der Waals surface area contributed by atoms with Crippen LogP contribution >= 0.6 is 11.3 Å². The van der Waals surface area contributed by atoms with E-state index >= 15 is 0 Å². The summed E-state index contributed by atoms with van der Waals surface area (Å²) in [4.78, 5) is 3.92. The molecule has 0 radical (unpaired) electrons. The van der Waals surface area contributed by atoms with Crippen LogP contribution in [0.4, 0.5) is 14.5 Å². The summed E-state index contributed by atoms with van der Waals surface area (Å²) in [6, 6.07) is 2.47. The average molecular weight is 212 g/mol. The van der Waals surface area contributed by atoms with Gasteiger partial charge < -0.3 is 5.73 Å². The van der Waals surface area contributed by atoms with Gasteiger partial charge in [-0.2, -0.15) is 0 Å². The molecule has 2 aromatic rings. The highest BCUT2D eigenvalue weighted by atomic mass is 32.1. The molecule has 0 saturated heterocycles. The van der Waals surface area contributed by atoms with Crippen molar-refractivity contribution in [2.75, 3.05) is 5.73 Å². The normalized spacial score (nSPS) is 10.4. The molecule has 0 bridgehead atoms. The quantitative estimate of drug-likeness (QED) is 0.738. The predicted molar refractivity (Wildman–Crippen MR) is 51.9 cm³/mol. The minimum absolute atomic E-state index is 0.235. The molecule has 0 spiro atoms. The molecule has 0 aliphatic heterocycles. The number of hydrogen-bond acceptors (Lipinski definition) is 3.